The zero-order valence-electron chi connectivity index (χ0n) is 11.3. The molecule has 0 bridgehead atoms. The van der Waals surface area contributed by atoms with Crippen molar-refractivity contribution in [1.82, 2.24) is 14.6 Å². The highest BCUT2D eigenvalue weighted by atomic mass is 79.9. The van der Waals surface area contributed by atoms with Crippen LogP contribution in [0.1, 0.15) is 23.0 Å². The first-order valence-corrected chi connectivity index (χ1v) is 6.65. The van der Waals surface area contributed by atoms with Crippen molar-refractivity contribution < 1.29 is 9.53 Å². The van der Waals surface area contributed by atoms with Crippen LogP contribution in [0.25, 0.3) is 5.65 Å². The maximum atomic E-state index is 12.0. The number of ether oxygens (including phenoxy) is 1. The molecular formula is C12H15BrN4O2. The second-order valence-electron chi connectivity index (χ2n) is 4.25. The van der Waals surface area contributed by atoms with Gasteiger partial charge in [0.05, 0.1) is 16.8 Å². The molecule has 0 N–H and O–H groups in total. The Morgan fingerprint density at radius 3 is 2.79 bits per heavy atom. The number of rotatable bonds is 3. The lowest BCUT2D eigenvalue weighted by Gasteiger charge is -2.17. The molecule has 6 nitrogen and oxygen atoms in total. The highest BCUT2D eigenvalue weighted by Crippen LogP contribution is 2.26. The van der Waals surface area contributed by atoms with E-state index in [4.69, 9.17) is 4.74 Å². The highest BCUT2D eigenvalue weighted by molar-refractivity contribution is 9.10. The van der Waals surface area contributed by atoms with E-state index in [1.165, 1.54) is 6.20 Å². The quantitative estimate of drug-likeness (QED) is 0.808. The summed E-state index contributed by atoms with van der Waals surface area (Å²) in [6, 6.07) is 0. The maximum Gasteiger partial charge on any atom is 0.343 e. The largest absolute Gasteiger partial charge is 0.462 e. The zero-order valence-corrected chi connectivity index (χ0v) is 12.9. The van der Waals surface area contributed by atoms with E-state index in [0.29, 0.717) is 23.6 Å². The number of esters is 1. The fourth-order valence-electron chi connectivity index (χ4n) is 1.84. The number of anilines is 1. The zero-order chi connectivity index (χ0) is 14.2. The minimum Gasteiger partial charge on any atom is -0.462 e. The molecule has 2 aromatic heterocycles. The van der Waals surface area contributed by atoms with Crippen LogP contribution in [-0.4, -0.2) is 41.3 Å². The summed E-state index contributed by atoms with van der Waals surface area (Å²) in [7, 11) is 3.70. The Kier molecular flexibility index (Phi) is 3.75. The van der Waals surface area contributed by atoms with Gasteiger partial charge in [0.15, 0.2) is 5.65 Å². The van der Waals surface area contributed by atoms with E-state index in [2.05, 4.69) is 26.0 Å². The van der Waals surface area contributed by atoms with E-state index >= 15 is 0 Å². The van der Waals surface area contributed by atoms with Crippen molar-refractivity contribution in [2.45, 2.75) is 13.8 Å². The molecule has 0 atom stereocenters. The number of carbonyl (C=O) groups is 1. The Morgan fingerprint density at radius 1 is 1.53 bits per heavy atom. The molecule has 0 saturated carbocycles. The number of aromatic nitrogens is 3. The molecule has 0 saturated heterocycles. The normalized spacial score (nSPS) is 10.8. The average molecular weight is 327 g/mol. The number of nitrogens with zero attached hydrogens (tertiary/aromatic N) is 4. The third kappa shape index (κ3) is 2.30. The Morgan fingerprint density at radius 2 is 2.21 bits per heavy atom. The van der Waals surface area contributed by atoms with Crippen LogP contribution in [0.15, 0.2) is 10.7 Å². The Labute approximate surface area is 119 Å². The third-order valence-electron chi connectivity index (χ3n) is 2.64. The molecule has 0 aliphatic heterocycles. The smallest absolute Gasteiger partial charge is 0.343 e. The molecule has 0 aliphatic rings. The van der Waals surface area contributed by atoms with E-state index < -0.39 is 5.97 Å². The minimum absolute atomic E-state index is 0.325. The first-order valence-electron chi connectivity index (χ1n) is 5.85. The molecule has 0 spiro atoms. The first kappa shape index (κ1) is 13.8. The van der Waals surface area contributed by atoms with Gasteiger partial charge in [0, 0.05) is 20.3 Å². The molecule has 2 heterocycles. The van der Waals surface area contributed by atoms with Crippen molar-refractivity contribution in [2.75, 3.05) is 25.6 Å². The molecule has 0 unspecified atom stereocenters. The van der Waals surface area contributed by atoms with Gasteiger partial charge in [0.25, 0.3) is 0 Å². The van der Waals surface area contributed by atoms with Gasteiger partial charge >= 0.3 is 5.97 Å². The molecule has 2 rings (SSSR count). The maximum absolute atomic E-state index is 12.0. The molecule has 0 radical (unpaired) electrons. The van der Waals surface area contributed by atoms with Crippen molar-refractivity contribution in [2.24, 2.45) is 0 Å². The van der Waals surface area contributed by atoms with Crippen LogP contribution in [0.4, 0.5) is 5.82 Å². The Hall–Kier alpha value is -1.63. The van der Waals surface area contributed by atoms with Gasteiger partial charge in [-0.3, -0.25) is 0 Å². The summed E-state index contributed by atoms with van der Waals surface area (Å²) in [5.74, 6) is 0.252. The SMILES string of the molecule is CCOC(=O)c1cnc2c(Br)c(C)nn2c1N(C)C. The van der Waals surface area contributed by atoms with Crippen molar-refractivity contribution in [3.05, 3.63) is 21.9 Å². The summed E-state index contributed by atoms with van der Waals surface area (Å²) in [6.45, 7) is 3.97. The number of halogens is 1. The van der Waals surface area contributed by atoms with Gasteiger partial charge in [0.2, 0.25) is 0 Å². The van der Waals surface area contributed by atoms with Crippen molar-refractivity contribution in [1.29, 1.82) is 0 Å². The molecule has 7 heteroatoms. The monoisotopic (exact) mass is 326 g/mol. The summed E-state index contributed by atoms with van der Waals surface area (Å²) in [5.41, 5.74) is 1.89. The minimum atomic E-state index is -0.398. The van der Waals surface area contributed by atoms with Crippen LogP contribution >= 0.6 is 15.9 Å². The molecule has 0 aromatic carbocycles. The molecule has 0 amide bonds. The summed E-state index contributed by atoms with van der Waals surface area (Å²) >= 11 is 3.45. The molecule has 0 aliphatic carbocycles. The van der Waals surface area contributed by atoms with Gasteiger partial charge in [-0.05, 0) is 29.8 Å². The van der Waals surface area contributed by atoms with Crippen LogP contribution in [0, 0.1) is 6.92 Å². The van der Waals surface area contributed by atoms with Gasteiger partial charge in [-0.15, -0.1) is 0 Å². The standard InChI is InChI=1S/C12H15BrN4O2/c1-5-19-12(18)8-6-14-10-9(13)7(2)15-17(10)11(8)16(3)4/h6H,5H2,1-4H3. The third-order valence-corrected chi connectivity index (χ3v) is 3.57. The number of hydrogen-bond donors (Lipinski definition) is 0. The van der Waals surface area contributed by atoms with Crippen LogP contribution in [0.5, 0.6) is 0 Å². The average Bonchev–Trinajstić information content (AvgIpc) is 2.64. The lowest BCUT2D eigenvalue weighted by atomic mass is 10.3. The van der Waals surface area contributed by atoms with Crippen LogP contribution in [-0.2, 0) is 4.74 Å². The molecule has 2 aromatic rings. The van der Waals surface area contributed by atoms with Crippen LogP contribution in [0.3, 0.4) is 0 Å². The van der Waals surface area contributed by atoms with Gasteiger partial charge in [-0.1, -0.05) is 0 Å². The highest BCUT2D eigenvalue weighted by Gasteiger charge is 2.21. The van der Waals surface area contributed by atoms with E-state index in [9.17, 15) is 4.79 Å². The number of hydrogen-bond acceptors (Lipinski definition) is 5. The van der Waals surface area contributed by atoms with E-state index in [0.717, 1.165) is 10.2 Å². The lowest BCUT2D eigenvalue weighted by Crippen LogP contribution is -2.20. The van der Waals surface area contributed by atoms with Gasteiger partial charge < -0.3 is 9.64 Å². The van der Waals surface area contributed by atoms with Crippen LogP contribution < -0.4 is 4.90 Å². The lowest BCUT2D eigenvalue weighted by molar-refractivity contribution is 0.0526. The second kappa shape index (κ2) is 5.16. The summed E-state index contributed by atoms with van der Waals surface area (Å²) < 4.78 is 7.52. The Bertz CT molecular complexity index is 636. The summed E-state index contributed by atoms with van der Waals surface area (Å²) in [4.78, 5) is 18.1. The predicted molar refractivity (Wildman–Crippen MR) is 75.7 cm³/mol. The molecular weight excluding hydrogens is 312 g/mol. The fourth-order valence-corrected chi connectivity index (χ4v) is 2.19. The molecule has 19 heavy (non-hydrogen) atoms. The topological polar surface area (TPSA) is 59.7 Å². The first-order chi connectivity index (χ1) is 8.97. The van der Waals surface area contributed by atoms with Crippen LogP contribution in [0.2, 0.25) is 0 Å². The molecule has 102 valence electrons. The van der Waals surface area contributed by atoms with E-state index in [1.807, 2.05) is 25.9 Å². The van der Waals surface area contributed by atoms with Crippen molar-refractivity contribution in [3.63, 3.8) is 0 Å². The fraction of sp³-hybridized carbons (Fsp3) is 0.417. The number of carbonyl (C=O) groups excluding carboxylic acids is 1. The van der Waals surface area contributed by atoms with Crippen molar-refractivity contribution in [3.8, 4) is 0 Å². The molecule has 0 fully saturated rings. The number of aryl methyl sites for hydroxylation is 1. The van der Waals surface area contributed by atoms with Gasteiger partial charge in [0.1, 0.15) is 11.4 Å². The van der Waals surface area contributed by atoms with E-state index in [-0.39, 0.29) is 0 Å². The van der Waals surface area contributed by atoms with Gasteiger partial charge in [-0.2, -0.15) is 9.61 Å². The predicted octanol–water partition coefficient (Wildman–Crippen LogP) is 2.04. The Balaban J connectivity index is 2.72. The number of fused-ring (bicyclic) bond motifs is 1. The van der Waals surface area contributed by atoms with Crippen molar-refractivity contribution >= 4 is 33.4 Å². The summed E-state index contributed by atoms with van der Waals surface area (Å²) in [5, 5.41) is 4.39. The van der Waals surface area contributed by atoms with E-state index in [1.54, 1.807) is 11.4 Å². The summed E-state index contributed by atoms with van der Waals surface area (Å²) in [6.07, 6.45) is 1.52. The van der Waals surface area contributed by atoms with Gasteiger partial charge in [-0.25, -0.2) is 9.78 Å². The second-order valence-corrected chi connectivity index (χ2v) is 5.04.